The number of hydrogen-bond donors (Lipinski definition) is 1. The molecule has 1 unspecified atom stereocenters. The lowest BCUT2D eigenvalue weighted by Gasteiger charge is -2.31. The smallest absolute Gasteiger partial charge is 0.159 e. The number of nitrogens with zero attached hydrogens (tertiary/aromatic N) is 1. The van der Waals surface area contributed by atoms with E-state index in [9.17, 15) is 4.79 Å². The maximum atomic E-state index is 12.4. The minimum Gasteiger partial charge on any atom is -0.315 e. The van der Waals surface area contributed by atoms with Crippen LogP contribution in [0.15, 0.2) is 91.5 Å². The van der Waals surface area contributed by atoms with Crippen LogP contribution in [0.3, 0.4) is 0 Å². The minimum absolute atomic E-state index is 0.101. The number of ketones is 1. The molecular formula is C49H74N2O. The van der Waals surface area contributed by atoms with Crippen LogP contribution in [0.2, 0.25) is 0 Å². The highest BCUT2D eigenvalue weighted by molar-refractivity contribution is 6.05. The zero-order valence-corrected chi connectivity index (χ0v) is 35.5. The summed E-state index contributed by atoms with van der Waals surface area (Å²) in [7, 11) is 4.25. The predicted octanol–water partition coefficient (Wildman–Crippen LogP) is 13.8. The second kappa shape index (κ2) is 24.7. The van der Waals surface area contributed by atoms with Crippen molar-refractivity contribution in [1.82, 2.24) is 10.2 Å². The Morgan fingerprint density at radius 1 is 0.885 bits per heavy atom. The molecule has 0 amide bonds. The van der Waals surface area contributed by atoms with Gasteiger partial charge in [-0.05, 0) is 155 Å². The largest absolute Gasteiger partial charge is 0.315 e. The fraction of sp³-hybridized carbons (Fsp3) is 0.490. The summed E-state index contributed by atoms with van der Waals surface area (Å²) in [5.41, 5.74) is 8.53. The lowest BCUT2D eigenvalue weighted by Crippen LogP contribution is -2.42. The van der Waals surface area contributed by atoms with Crippen molar-refractivity contribution >= 4 is 16.6 Å². The monoisotopic (exact) mass is 707 g/mol. The SMILES string of the molecule is C=CC.CC.CC.CCCCC(C)C(C)(C)NC.CCc1ccc(-c2ccc3c(-c4ccc(C5CCN(C)CC5)cc4)cc(C(C)=O)cc3c2)cc1. The fourth-order valence-corrected chi connectivity index (χ4v) is 6.32. The second-order valence-electron chi connectivity index (χ2n) is 14.2. The van der Waals surface area contributed by atoms with Crippen molar-refractivity contribution in [2.75, 3.05) is 27.2 Å². The third kappa shape index (κ3) is 14.1. The molecule has 1 aliphatic heterocycles. The number of rotatable bonds is 10. The molecular weight excluding hydrogens is 633 g/mol. The third-order valence-corrected chi connectivity index (χ3v) is 10.3. The van der Waals surface area contributed by atoms with E-state index >= 15 is 0 Å². The van der Waals surface area contributed by atoms with Crippen LogP contribution >= 0.6 is 0 Å². The zero-order chi connectivity index (χ0) is 39.3. The average Bonchev–Trinajstić information content (AvgIpc) is 3.18. The van der Waals surface area contributed by atoms with Crippen molar-refractivity contribution in [1.29, 1.82) is 0 Å². The summed E-state index contributed by atoms with van der Waals surface area (Å²) in [4.78, 5) is 14.8. The summed E-state index contributed by atoms with van der Waals surface area (Å²) in [6.07, 6.45) is 9.24. The molecule has 1 heterocycles. The molecule has 0 aliphatic carbocycles. The molecule has 1 fully saturated rings. The first kappa shape index (κ1) is 46.5. The van der Waals surface area contributed by atoms with Gasteiger partial charge in [0, 0.05) is 11.1 Å². The highest BCUT2D eigenvalue weighted by Crippen LogP contribution is 2.35. The van der Waals surface area contributed by atoms with Crippen LogP contribution in [0.25, 0.3) is 33.0 Å². The Morgan fingerprint density at radius 2 is 1.42 bits per heavy atom. The van der Waals surface area contributed by atoms with E-state index in [4.69, 9.17) is 0 Å². The maximum Gasteiger partial charge on any atom is 0.159 e. The summed E-state index contributed by atoms with van der Waals surface area (Å²) in [5.74, 6) is 1.52. The Labute approximate surface area is 320 Å². The number of benzene rings is 4. The summed E-state index contributed by atoms with van der Waals surface area (Å²) in [6.45, 7) is 28.5. The van der Waals surface area contributed by atoms with Gasteiger partial charge in [0.15, 0.2) is 5.78 Å². The normalized spacial score (nSPS) is 13.5. The molecule has 1 aliphatic rings. The van der Waals surface area contributed by atoms with Gasteiger partial charge >= 0.3 is 0 Å². The minimum atomic E-state index is 0.101. The molecule has 0 aromatic heterocycles. The Bertz CT molecular complexity index is 1570. The van der Waals surface area contributed by atoms with Gasteiger partial charge in [-0.1, -0.05) is 128 Å². The van der Waals surface area contributed by atoms with Crippen LogP contribution in [0.5, 0.6) is 0 Å². The molecule has 1 saturated heterocycles. The molecule has 1 atom stereocenters. The van der Waals surface area contributed by atoms with Crippen LogP contribution in [0.4, 0.5) is 0 Å². The van der Waals surface area contributed by atoms with E-state index in [-0.39, 0.29) is 5.78 Å². The molecule has 0 spiro atoms. The molecule has 3 nitrogen and oxygen atoms in total. The van der Waals surface area contributed by atoms with Crippen LogP contribution in [-0.2, 0) is 6.42 Å². The van der Waals surface area contributed by atoms with E-state index in [1.54, 1.807) is 13.0 Å². The number of nitrogens with one attached hydrogen (secondary N) is 1. The van der Waals surface area contributed by atoms with Crippen molar-refractivity contribution in [3.05, 3.63) is 108 Å². The van der Waals surface area contributed by atoms with Crippen LogP contribution in [0, 0.1) is 5.92 Å². The van der Waals surface area contributed by atoms with Gasteiger partial charge in [0.05, 0.1) is 0 Å². The Morgan fingerprint density at radius 3 is 1.92 bits per heavy atom. The van der Waals surface area contributed by atoms with Gasteiger partial charge in [-0.25, -0.2) is 0 Å². The summed E-state index contributed by atoms with van der Waals surface area (Å²) >= 11 is 0. The number of likely N-dealkylation sites (tertiary alicyclic amines) is 1. The lowest BCUT2D eigenvalue weighted by molar-refractivity contribution is 0.101. The summed E-state index contributed by atoms with van der Waals surface area (Å²) in [5, 5.41) is 5.65. The van der Waals surface area contributed by atoms with Gasteiger partial charge < -0.3 is 10.2 Å². The number of piperidine rings is 1. The number of allylic oxidation sites excluding steroid dienone is 1. The van der Waals surface area contributed by atoms with Crippen molar-refractivity contribution in [3.63, 3.8) is 0 Å². The van der Waals surface area contributed by atoms with E-state index < -0.39 is 0 Å². The zero-order valence-electron chi connectivity index (χ0n) is 35.5. The van der Waals surface area contributed by atoms with E-state index in [0.29, 0.717) is 11.5 Å². The van der Waals surface area contributed by atoms with Gasteiger partial charge in [0.1, 0.15) is 0 Å². The topological polar surface area (TPSA) is 32.3 Å². The van der Waals surface area contributed by atoms with Gasteiger partial charge in [-0.15, -0.1) is 6.58 Å². The number of carbonyl (C=O) groups is 1. The van der Waals surface area contributed by atoms with E-state index in [1.807, 2.05) is 47.7 Å². The number of hydrogen-bond acceptors (Lipinski definition) is 3. The van der Waals surface area contributed by atoms with Crippen LogP contribution in [0.1, 0.15) is 136 Å². The molecule has 5 rings (SSSR count). The first-order valence-corrected chi connectivity index (χ1v) is 20.2. The molecule has 1 N–H and O–H groups in total. The number of aryl methyl sites for hydroxylation is 1. The quantitative estimate of drug-likeness (QED) is 0.132. The molecule has 4 aromatic rings. The van der Waals surface area contributed by atoms with Gasteiger partial charge in [0.2, 0.25) is 0 Å². The predicted molar refractivity (Wildman–Crippen MR) is 234 cm³/mol. The summed E-state index contributed by atoms with van der Waals surface area (Å²) in [6, 6.07) is 28.6. The fourth-order valence-electron chi connectivity index (χ4n) is 6.32. The second-order valence-corrected chi connectivity index (χ2v) is 14.2. The van der Waals surface area contributed by atoms with Crippen molar-refractivity contribution in [2.45, 2.75) is 126 Å². The Balaban J connectivity index is 0.000000633. The molecule has 0 saturated carbocycles. The molecule has 0 bridgehead atoms. The van der Waals surface area contributed by atoms with Crippen LogP contribution in [-0.4, -0.2) is 43.4 Å². The Kier molecular flexibility index (Phi) is 22.1. The number of Topliss-reactive ketones (excluding diaryl/α,β-unsaturated/α-hetero) is 1. The van der Waals surface area contributed by atoms with E-state index in [1.165, 1.54) is 78.4 Å². The molecule has 52 heavy (non-hydrogen) atoms. The summed E-state index contributed by atoms with van der Waals surface area (Å²) < 4.78 is 0. The number of unbranched alkanes of at least 4 members (excludes halogenated alkanes) is 1. The molecule has 286 valence electrons. The Hall–Kier alpha value is -3.53. The highest BCUT2D eigenvalue weighted by Gasteiger charge is 2.22. The number of fused-ring (bicyclic) bond motifs is 1. The first-order valence-electron chi connectivity index (χ1n) is 20.2. The van der Waals surface area contributed by atoms with E-state index in [0.717, 1.165) is 28.9 Å². The molecule has 4 aromatic carbocycles. The maximum absolute atomic E-state index is 12.4. The van der Waals surface area contributed by atoms with Gasteiger partial charge in [-0.2, -0.15) is 0 Å². The average molecular weight is 707 g/mol. The highest BCUT2D eigenvalue weighted by atomic mass is 16.1. The van der Waals surface area contributed by atoms with Gasteiger partial charge in [-0.3, -0.25) is 4.79 Å². The standard InChI is InChI=1S/C32H33NO.C10H23N.C3H6.2C2H6/c1-4-23-5-7-25(8-6-23)28-13-14-31-30(19-28)20-29(22(2)34)21-32(31)27-11-9-24(10-12-27)26-15-17-33(3)18-16-26;1-6-7-8-9(2)10(3,4)11-5;1-3-2;2*1-2/h5-14,19-21,26H,4,15-18H2,1-3H3;9,11H,6-8H2,1-5H3;3H,1H2,2H3;2*1-2H3. The van der Waals surface area contributed by atoms with Crippen molar-refractivity contribution in [2.24, 2.45) is 5.92 Å². The molecule has 0 radical (unpaired) electrons. The van der Waals surface area contributed by atoms with Crippen molar-refractivity contribution < 1.29 is 4.79 Å². The van der Waals surface area contributed by atoms with Crippen LogP contribution < -0.4 is 5.32 Å². The van der Waals surface area contributed by atoms with E-state index in [2.05, 4.69) is 131 Å². The van der Waals surface area contributed by atoms with Crippen molar-refractivity contribution in [3.8, 4) is 22.3 Å². The van der Waals surface area contributed by atoms with Gasteiger partial charge in [0.25, 0.3) is 0 Å². The lowest BCUT2D eigenvalue weighted by atomic mass is 9.85. The molecule has 3 heteroatoms. The first-order chi connectivity index (χ1) is 25.0. The third-order valence-electron chi connectivity index (χ3n) is 10.3. The number of carbonyl (C=O) groups excluding carboxylic acids is 1.